The number of nitrogens with zero attached hydrogens (tertiary/aromatic N) is 1. The van der Waals surface area contributed by atoms with E-state index in [1.165, 1.54) is 5.56 Å². The first-order valence-corrected chi connectivity index (χ1v) is 4.04. The Balaban J connectivity index is 2.11. The van der Waals surface area contributed by atoms with Crippen molar-refractivity contribution in [3.8, 4) is 0 Å². The van der Waals surface area contributed by atoms with Crippen LogP contribution in [-0.4, -0.2) is 12.1 Å². The van der Waals surface area contributed by atoms with Gasteiger partial charge in [0.05, 0.1) is 6.04 Å². The lowest BCUT2D eigenvalue weighted by Gasteiger charge is -1.94. The van der Waals surface area contributed by atoms with Crippen molar-refractivity contribution in [2.45, 2.75) is 18.4 Å². The van der Waals surface area contributed by atoms with Gasteiger partial charge in [-0.25, -0.2) is 9.79 Å². The van der Waals surface area contributed by atoms with E-state index in [9.17, 15) is 4.79 Å². The predicted molar refractivity (Wildman–Crippen MR) is 45.7 cm³/mol. The van der Waals surface area contributed by atoms with Gasteiger partial charge in [0.2, 0.25) is 6.08 Å². The molecule has 2 nitrogen and oxygen atoms in total. The molecule has 2 heteroatoms. The van der Waals surface area contributed by atoms with Crippen LogP contribution in [0.4, 0.5) is 0 Å². The molecule has 0 heterocycles. The Kier molecular flexibility index (Phi) is 1.77. The van der Waals surface area contributed by atoms with Crippen LogP contribution in [0.15, 0.2) is 35.3 Å². The molecule has 2 rings (SSSR count). The molecule has 1 aliphatic carbocycles. The third-order valence-electron chi connectivity index (χ3n) is 2.20. The van der Waals surface area contributed by atoms with Crippen molar-refractivity contribution in [1.29, 1.82) is 0 Å². The summed E-state index contributed by atoms with van der Waals surface area (Å²) in [6.45, 7) is 0. The monoisotopic (exact) mass is 159 g/mol. The summed E-state index contributed by atoms with van der Waals surface area (Å²) in [4.78, 5) is 13.6. The van der Waals surface area contributed by atoms with E-state index in [1.807, 2.05) is 18.2 Å². The zero-order valence-electron chi connectivity index (χ0n) is 6.60. The van der Waals surface area contributed by atoms with Crippen molar-refractivity contribution in [1.82, 2.24) is 0 Å². The summed E-state index contributed by atoms with van der Waals surface area (Å²) in [5.41, 5.74) is 1.28. The molecule has 1 fully saturated rings. The molecular formula is C10H9NO. The minimum absolute atomic E-state index is 0.199. The maximum absolute atomic E-state index is 9.94. The van der Waals surface area contributed by atoms with Gasteiger partial charge in [-0.15, -0.1) is 0 Å². The van der Waals surface area contributed by atoms with Crippen molar-refractivity contribution >= 4 is 6.08 Å². The Labute approximate surface area is 70.9 Å². The molecule has 0 spiro atoms. The average Bonchev–Trinajstić information content (AvgIpc) is 2.87. The highest BCUT2D eigenvalue weighted by atomic mass is 16.1. The molecule has 12 heavy (non-hydrogen) atoms. The zero-order valence-corrected chi connectivity index (χ0v) is 6.60. The first-order valence-electron chi connectivity index (χ1n) is 4.04. The van der Waals surface area contributed by atoms with Gasteiger partial charge in [-0.3, -0.25) is 0 Å². The molecule has 0 N–H and O–H groups in total. The first-order chi connectivity index (χ1) is 5.92. The molecule has 1 aliphatic rings. The zero-order chi connectivity index (χ0) is 8.39. The molecule has 1 aromatic rings. The van der Waals surface area contributed by atoms with E-state index in [0.717, 1.165) is 6.42 Å². The molecule has 0 saturated heterocycles. The van der Waals surface area contributed by atoms with Crippen molar-refractivity contribution in [2.24, 2.45) is 4.99 Å². The molecule has 0 amide bonds. The Hall–Kier alpha value is -1.40. The van der Waals surface area contributed by atoms with Gasteiger partial charge in [-0.1, -0.05) is 30.3 Å². The minimum atomic E-state index is 0.199. The van der Waals surface area contributed by atoms with Crippen molar-refractivity contribution in [3.63, 3.8) is 0 Å². The summed E-state index contributed by atoms with van der Waals surface area (Å²) in [5.74, 6) is 0.465. The second kappa shape index (κ2) is 2.92. The summed E-state index contributed by atoms with van der Waals surface area (Å²) in [6.07, 6.45) is 2.60. The summed E-state index contributed by atoms with van der Waals surface area (Å²) in [7, 11) is 0. The van der Waals surface area contributed by atoms with Gasteiger partial charge < -0.3 is 0 Å². The Morgan fingerprint density at radius 3 is 2.75 bits per heavy atom. The Bertz CT molecular complexity index is 314. The molecule has 1 aromatic carbocycles. The van der Waals surface area contributed by atoms with Crippen LogP contribution >= 0.6 is 0 Å². The maximum atomic E-state index is 9.94. The molecule has 2 atom stereocenters. The highest BCUT2D eigenvalue weighted by Gasteiger charge is 2.38. The normalized spacial score (nSPS) is 26.0. The number of carbonyl (C=O) groups excluding carboxylic acids is 1. The fourth-order valence-corrected chi connectivity index (χ4v) is 1.45. The van der Waals surface area contributed by atoms with E-state index in [2.05, 4.69) is 17.1 Å². The Morgan fingerprint density at radius 1 is 1.33 bits per heavy atom. The number of rotatable bonds is 2. The summed E-state index contributed by atoms with van der Waals surface area (Å²) < 4.78 is 0. The third-order valence-corrected chi connectivity index (χ3v) is 2.20. The second-order valence-corrected chi connectivity index (χ2v) is 3.04. The van der Waals surface area contributed by atoms with Crippen molar-refractivity contribution in [3.05, 3.63) is 35.9 Å². The number of hydrogen-bond donors (Lipinski definition) is 0. The standard InChI is InChI=1S/C10H9NO/c12-7-11-10-6-9(10)8-4-2-1-3-5-8/h1-5,9-10H,6H2. The topological polar surface area (TPSA) is 29.4 Å². The highest BCUT2D eigenvalue weighted by Crippen LogP contribution is 2.42. The van der Waals surface area contributed by atoms with Crippen LogP contribution < -0.4 is 0 Å². The van der Waals surface area contributed by atoms with Crippen LogP contribution in [0.3, 0.4) is 0 Å². The average molecular weight is 159 g/mol. The van der Waals surface area contributed by atoms with Crippen LogP contribution in [-0.2, 0) is 4.79 Å². The molecule has 0 bridgehead atoms. The largest absolute Gasteiger partial charge is 0.235 e. The SMILES string of the molecule is O=C=NC1CC1c1ccccc1. The molecule has 60 valence electrons. The maximum Gasteiger partial charge on any atom is 0.235 e. The van der Waals surface area contributed by atoms with Crippen molar-refractivity contribution < 1.29 is 4.79 Å². The quantitative estimate of drug-likeness (QED) is 0.478. The summed E-state index contributed by atoms with van der Waals surface area (Å²) in [6, 6.07) is 10.4. The smallest absolute Gasteiger partial charge is 0.211 e. The van der Waals surface area contributed by atoms with Gasteiger partial charge in [-0.2, -0.15) is 0 Å². The van der Waals surface area contributed by atoms with Gasteiger partial charge in [0, 0.05) is 5.92 Å². The lowest BCUT2D eigenvalue weighted by Crippen LogP contribution is -1.82. The van der Waals surface area contributed by atoms with Crippen LogP contribution in [0, 0.1) is 0 Å². The van der Waals surface area contributed by atoms with Crippen LogP contribution in [0.25, 0.3) is 0 Å². The van der Waals surface area contributed by atoms with Gasteiger partial charge >= 0.3 is 0 Å². The van der Waals surface area contributed by atoms with E-state index in [1.54, 1.807) is 6.08 Å². The molecule has 0 aromatic heterocycles. The van der Waals surface area contributed by atoms with Gasteiger partial charge in [0.1, 0.15) is 0 Å². The second-order valence-electron chi connectivity index (χ2n) is 3.04. The lowest BCUT2D eigenvalue weighted by molar-refractivity contribution is 0.562. The molecular weight excluding hydrogens is 150 g/mol. The fraction of sp³-hybridized carbons (Fsp3) is 0.300. The third kappa shape index (κ3) is 1.29. The minimum Gasteiger partial charge on any atom is -0.211 e. The predicted octanol–water partition coefficient (Wildman–Crippen LogP) is 1.88. The highest BCUT2D eigenvalue weighted by molar-refractivity contribution is 5.37. The summed E-state index contributed by atoms with van der Waals surface area (Å²) >= 11 is 0. The summed E-state index contributed by atoms with van der Waals surface area (Å²) in [5, 5.41) is 0. The van der Waals surface area contributed by atoms with E-state index < -0.39 is 0 Å². The van der Waals surface area contributed by atoms with Gasteiger partial charge in [0.25, 0.3) is 0 Å². The number of aliphatic imine (C=N–C) groups is 1. The lowest BCUT2D eigenvalue weighted by atomic mass is 10.1. The number of benzene rings is 1. The van der Waals surface area contributed by atoms with E-state index in [4.69, 9.17) is 0 Å². The molecule has 0 aliphatic heterocycles. The van der Waals surface area contributed by atoms with E-state index in [0.29, 0.717) is 5.92 Å². The van der Waals surface area contributed by atoms with Crippen LogP contribution in [0.1, 0.15) is 17.9 Å². The van der Waals surface area contributed by atoms with E-state index >= 15 is 0 Å². The van der Waals surface area contributed by atoms with Gasteiger partial charge in [0.15, 0.2) is 0 Å². The first kappa shape index (κ1) is 7.26. The van der Waals surface area contributed by atoms with Gasteiger partial charge in [-0.05, 0) is 12.0 Å². The Morgan fingerprint density at radius 2 is 2.08 bits per heavy atom. The van der Waals surface area contributed by atoms with Crippen molar-refractivity contribution in [2.75, 3.05) is 0 Å². The van der Waals surface area contributed by atoms with Crippen LogP contribution in [0.5, 0.6) is 0 Å². The number of isocyanates is 1. The molecule has 0 radical (unpaired) electrons. The van der Waals surface area contributed by atoms with Crippen LogP contribution in [0.2, 0.25) is 0 Å². The molecule has 2 unspecified atom stereocenters. The van der Waals surface area contributed by atoms with E-state index in [-0.39, 0.29) is 6.04 Å². The molecule has 1 saturated carbocycles. The number of hydrogen-bond acceptors (Lipinski definition) is 2. The fourth-order valence-electron chi connectivity index (χ4n) is 1.45.